The first-order valence-electron chi connectivity index (χ1n) is 11.3. The van der Waals surface area contributed by atoms with Crippen molar-refractivity contribution in [3.05, 3.63) is 33.8 Å². The van der Waals surface area contributed by atoms with Crippen LogP contribution in [0.25, 0.3) is 0 Å². The van der Waals surface area contributed by atoms with Crippen LogP contribution in [-0.4, -0.2) is 60.1 Å². The summed E-state index contributed by atoms with van der Waals surface area (Å²) in [6.45, 7) is 3.08. The topological polar surface area (TPSA) is 85.9 Å². The number of amides is 2. The summed E-state index contributed by atoms with van der Waals surface area (Å²) in [6, 6.07) is 5.88. The smallest absolute Gasteiger partial charge is 0.410 e. The van der Waals surface area contributed by atoms with E-state index in [1.165, 1.54) is 0 Å². The van der Waals surface area contributed by atoms with E-state index in [1.54, 1.807) is 23.1 Å². The van der Waals surface area contributed by atoms with Crippen LogP contribution >= 0.6 is 23.2 Å². The molecule has 0 aromatic heterocycles. The van der Waals surface area contributed by atoms with E-state index in [9.17, 15) is 9.59 Å². The van der Waals surface area contributed by atoms with Crippen molar-refractivity contribution in [2.45, 2.75) is 50.8 Å². The maximum absolute atomic E-state index is 13.0. The first kappa shape index (κ1) is 22.2. The third-order valence-corrected chi connectivity index (χ3v) is 7.88. The van der Waals surface area contributed by atoms with E-state index in [0.717, 1.165) is 50.8 Å². The van der Waals surface area contributed by atoms with Gasteiger partial charge in [-0.3, -0.25) is 4.79 Å². The lowest BCUT2D eigenvalue weighted by Gasteiger charge is -2.54. The lowest BCUT2D eigenvalue weighted by Crippen LogP contribution is -2.63. The van der Waals surface area contributed by atoms with Gasteiger partial charge in [0.2, 0.25) is 5.91 Å². The Hall–Kier alpha value is -1.58. The van der Waals surface area contributed by atoms with Crippen LogP contribution in [0.4, 0.5) is 4.79 Å². The summed E-state index contributed by atoms with van der Waals surface area (Å²) in [4.78, 5) is 29.3. The quantitative estimate of drug-likeness (QED) is 0.615. The molecule has 4 aliphatic rings. The Morgan fingerprint density at radius 3 is 2.41 bits per heavy atom. The number of carbonyl (C=O) groups excluding carboxylic acids is 2. The van der Waals surface area contributed by atoms with Crippen molar-refractivity contribution in [2.24, 2.45) is 11.3 Å². The number of nitrogens with zero attached hydrogens (tertiary/aromatic N) is 2. The summed E-state index contributed by atoms with van der Waals surface area (Å²) in [5.74, 6) is 0.405. The highest BCUT2D eigenvalue weighted by Crippen LogP contribution is 2.42. The molecule has 3 saturated heterocycles. The molecular formula is C22H29Cl2N5O3. The molecule has 1 aliphatic carbocycles. The molecule has 3 aliphatic heterocycles. The van der Waals surface area contributed by atoms with Gasteiger partial charge >= 0.3 is 6.09 Å². The highest BCUT2D eigenvalue weighted by molar-refractivity contribution is 6.34. The lowest BCUT2D eigenvalue weighted by molar-refractivity contribution is -0.152. The molecule has 32 heavy (non-hydrogen) atoms. The SMILES string of the molecule is O=C(OCc1cc(Cl)cc(Cl)c1)N1CCC2(CC1)CN(C(=O)C1CCC3NNNC3C1)C2. The van der Waals surface area contributed by atoms with Crippen molar-refractivity contribution in [3.8, 4) is 0 Å². The summed E-state index contributed by atoms with van der Waals surface area (Å²) >= 11 is 12.0. The second-order valence-electron chi connectivity index (χ2n) is 9.65. The number of fused-ring (bicyclic) bond motifs is 1. The molecule has 3 heterocycles. The van der Waals surface area contributed by atoms with Gasteiger partial charge in [-0.2, -0.15) is 5.53 Å². The van der Waals surface area contributed by atoms with Crippen LogP contribution in [0.15, 0.2) is 18.2 Å². The van der Waals surface area contributed by atoms with E-state index >= 15 is 0 Å². The minimum Gasteiger partial charge on any atom is -0.445 e. The zero-order chi connectivity index (χ0) is 22.3. The number of rotatable bonds is 3. The Morgan fingerprint density at radius 2 is 1.69 bits per heavy atom. The van der Waals surface area contributed by atoms with Crippen LogP contribution in [0.3, 0.4) is 0 Å². The van der Waals surface area contributed by atoms with Crippen LogP contribution in [0.5, 0.6) is 0 Å². The van der Waals surface area contributed by atoms with Gasteiger partial charge in [-0.15, -0.1) is 0 Å². The fourth-order valence-corrected chi connectivity index (χ4v) is 6.11. The molecule has 3 N–H and O–H groups in total. The van der Waals surface area contributed by atoms with Crippen molar-refractivity contribution >= 4 is 35.2 Å². The Morgan fingerprint density at radius 1 is 1.00 bits per heavy atom. The van der Waals surface area contributed by atoms with Gasteiger partial charge in [0.1, 0.15) is 6.61 Å². The second-order valence-corrected chi connectivity index (χ2v) is 10.5. The van der Waals surface area contributed by atoms with Crippen LogP contribution in [0.1, 0.15) is 37.7 Å². The molecular weight excluding hydrogens is 453 g/mol. The maximum Gasteiger partial charge on any atom is 0.410 e. The van der Waals surface area contributed by atoms with Gasteiger partial charge in [-0.05, 0) is 55.9 Å². The first-order valence-corrected chi connectivity index (χ1v) is 12.1. The van der Waals surface area contributed by atoms with Crippen molar-refractivity contribution in [1.82, 2.24) is 26.2 Å². The van der Waals surface area contributed by atoms with Gasteiger partial charge in [0, 0.05) is 59.6 Å². The number of likely N-dealkylation sites (tertiary alicyclic amines) is 2. The van der Waals surface area contributed by atoms with Gasteiger partial charge < -0.3 is 14.5 Å². The predicted octanol–water partition coefficient (Wildman–Crippen LogP) is 2.70. The minimum atomic E-state index is -0.314. The molecule has 1 spiro atoms. The largest absolute Gasteiger partial charge is 0.445 e. The molecule has 0 bridgehead atoms. The minimum absolute atomic E-state index is 0.109. The molecule has 10 heteroatoms. The van der Waals surface area contributed by atoms with Crippen molar-refractivity contribution < 1.29 is 14.3 Å². The first-order chi connectivity index (χ1) is 15.4. The Labute approximate surface area is 197 Å². The fourth-order valence-electron chi connectivity index (χ4n) is 5.54. The molecule has 2 amide bonds. The maximum atomic E-state index is 13.0. The van der Waals surface area contributed by atoms with Gasteiger partial charge in [-0.25, -0.2) is 15.6 Å². The van der Waals surface area contributed by atoms with Crippen LogP contribution in [0, 0.1) is 11.3 Å². The normalized spacial score (nSPS) is 28.9. The number of hydrogen-bond acceptors (Lipinski definition) is 6. The predicted molar refractivity (Wildman–Crippen MR) is 121 cm³/mol. The average molecular weight is 482 g/mol. The molecule has 1 aromatic rings. The number of halogens is 2. The molecule has 5 rings (SSSR count). The van der Waals surface area contributed by atoms with E-state index in [0.29, 0.717) is 41.1 Å². The van der Waals surface area contributed by atoms with E-state index in [1.807, 2.05) is 4.90 Å². The summed E-state index contributed by atoms with van der Waals surface area (Å²) in [5.41, 5.74) is 10.3. The Kier molecular flexibility index (Phi) is 6.24. The molecule has 1 saturated carbocycles. The van der Waals surface area contributed by atoms with Crippen LogP contribution in [0.2, 0.25) is 10.0 Å². The molecule has 1 aromatic carbocycles. The third-order valence-electron chi connectivity index (χ3n) is 7.45. The molecule has 3 unspecified atom stereocenters. The molecule has 4 fully saturated rings. The number of benzene rings is 1. The van der Waals surface area contributed by atoms with E-state index in [-0.39, 0.29) is 24.0 Å². The van der Waals surface area contributed by atoms with Crippen LogP contribution < -0.4 is 16.4 Å². The molecule has 8 nitrogen and oxygen atoms in total. The zero-order valence-corrected chi connectivity index (χ0v) is 19.4. The highest BCUT2D eigenvalue weighted by Gasteiger charge is 2.49. The third kappa shape index (κ3) is 4.56. The molecule has 0 radical (unpaired) electrons. The monoisotopic (exact) mass is 481 g/mol. The Bertz CT molecular complexity index is 864. The van der Waals surface area contributed by atoms with E-state index in [2.05, 4.69) is 16.4 Å². The van der Waals surface area contributed by atoms with E-state index < -0.39 is 0 Å². The fraction of sp³-hybridized carbons (Fsp3) is 0.636. The number of hydrogen-bond donors (Lipinski definition) is 3. The van der Waals surface area contributed by atoms with Gasteiger partial charge in [-0.1, -0.05) is 23.2 Å². The average Bonchev–Trinajstić information content (AvgIpc) is 3.23. The summed E-state index contributed by atoms with van der Waals surface area (Å²) in [5, 5.41) is 1.04. The van der Waals surface area contributed by atoms with Gasteiger partial charge in [0.05, 0.1) is 0 Å². The lowest BCUT2D eigenvalue weighted by atomic mass is 9.71. The van der Waals surface area contributed by atoms with Gasteiger partial charge in [0.15, 0.2) is 0 Å². The molecule has 3 atom stereocenters. The second kappa shape index (κ2) is 8.99. The Balaban J connectivity index is 1.06. The number of piperidine rings is 1. The van der Waals surface area contributed by atoms with Crippen molar-refractivity contribution in [3.63, 3.8) is 0 Å². The van der Waals surface area contributed by atoms with E-state index in [4.69, 9.17) is 27.9 Å². The summed E-state index contributed by atoms with van der Waals surface area (Å²) < 4.78 is 5.46. The number of ether oxygens (including phenoxy) is 1. The highest BCUT2D eigenvalue weighted by atomic mass is 35.5. The number of hydrazine groups is 2. The number of carbonyl (C=O) groups is 2. The van der Waals surface area contributed by atoms with Crippen LogP contribution in [-0.2, 0) is 16.1 Å². The number of nitrogens with one attached hydrogen (secondary N) is 3. The van der Waals surface area contributed by atoms with Crippen molar-refractivity contribution in [2.75, 3.05) is 26.2 Å². The molecule has 174 valence electrons. The van der Waals surface area contributed by atoms with Gasteiger partial charge in [0.25, 0.3) is 0 Å². The summed E-state index contributed by atoms with van der Waals surface area (Å²) in [6.07, 6.45) is 4.32. The zero-order valence-electron chi connectivity index (χ0n) is 17.9. The summed E-state index contributed by atoms with van der Waals surface area (Å²) in [7, 11) is 0. The standard InChI is InChI=1S/C22H29Cl2N5O3/c23-16-7-14(8-17(24)10-16)11-32-21(31)28-5-3-22(4-6-28)12-29(13-22)20(30)15-1-2-18-19(9-15)26-27-25-18/h7-8,10,15,18-19,25-27H,1-6,9,11-13H2. The van der Waals surface area contributed by atoms with Crippen molar-refractivity contribution in [1.29, 1.82) is 0 Å².